The van der Waals surface area contributed by atoms with Crippen LogP contribution >= 0.6 is 23.2 Å². The predicted octanol–water partition coefficient (Wildman–Crippen LogP) is 5.07. The first-order chi connectivity index (χ1) is 15.7. The number of carbonyl (C=O) groups is 2. The molecule has 8 heteroatoms. The van der Waals surface area contributed by atoms with Crippen LogP contribution < -0.4 is 4.74 Å². The number of aliphatic hydroxyl groups is 1. The van der Waals surface area contributed by atoms with Crippen molar-refractivity contribution in [1.82, 2.24) is 9.80 Å². The Hall–Kier alpha value is -2.54. The average Bonchev–Trinajstić information content (AvgIpc) is 3.06. The summed E-state index contributed by atoms with van der Waals surface area (Å²) in [5, 5.41) is 11.9. The number of likely N-dealkylation sites (N-methyl/N-ethyl adjacent to an activating group) is 1. The normalized spacial score (nSPS) is 17.8. The molecule has 6 nitrogen and oxygen atoms in total. The maximum Gasteiger partial charge on any atom is 0.295 e. The van der Waals surface area contributed by atoms with E-state index in [1.54, 1.807) is 43.5 Å². The Labute approximate surface area is 204 Å². The van der Waals surface area contributed by atoms with Crippen molar-refractivity contribution in [2.75, 3.05) is 33.3 Å². The van der Waals surface area contributed by atoms with Gasteiger partial charge in [-0.3, -0.25) is 9.59 Å². The van der Waals surface area contributed by atoms with Crippen LogP contribution in [0.2, 0.25) is 10.0 Å². The van der Waals surface area contributed by atoms with Gasteiger partial charge in [-0.1, -0.05) is 43.1 Å². The third-order valence-electron chi connectivity index (χ3n) is 6.02. The van der Waals surface area contributed by atoms with Crippen LogP contribution in [0.4, 0.5) is 0 Å². The summed E-state index contributed by atoms with van der Waals surface area (Å²) in [6, 6.07) is 9.31. The number of hydrogen-bond donors (Lipinski definition) is 1. The van der Waals surface area contributed by atoms with Gasteiger partial charge >= 0.3 is 0 Å². The SMILES string of the molecule is CCN(CC)CCN1C(=O)C(=O)/C(=C(/O)c2ccc(OC)c(C)c2)[C@@H]1c1ccc(Cl)c(Cl)c1. The van der Waals surface area contributed by atoms with Crippen molar-refractivity contribution in [2.45, 2.75) is 26.8 Å². The van der Waals surface area contributed by atoms with E-state index in [-0.39, 0.29) is 11.3 Å². The molecular weight excluding hydrogens is 463 g/mol. The Morgan fingerprint density at radius 2 is 1.79 bits per heavy atom. The smallest absolute Gasteiger partial charge is 0.295 e. The maximum absolute atomic E-state index is 13.2. The second-order valence-electron chi connectivity index (χ2n) is 7.88. The molecule has 0 aliphatic carbocycles. The molecule has 1 saturated heterocycles. The number of aryl methyl sites for hydroxylation is 1. The van der Waals surface area contributed by atoms with Gasteiger partial charge in [-0.2, -0.15) is 0 Å². The van der Waals surface area contributed by atoms with Crippen LogP contribution in [0, 0.1) is 6.92 Å². The Balaban J connectivity index is 2.14. The van der Waals surface area contributed by atoms with E-state index in [2.05, 4.69) is 4.90 Å². The van der Waals surface area contributed by atoms with Crippen molar-refractivity contribution in [3.05, 3.63) is 68.7 Å². The van der Waals surface area contributed by atoms with E-state index < -0.39 is 17.7 Å². The van der Waals surface area contributed by atoms with E-state index in [1.165, 1.54) is 4.90 Å². The van der Waals surface area contributed by atoms with E-state index in [9.17, 15) is 14.7 Å². The standard InChI is InChI=1S/C25H28Cl2N2O4/c1-5-28(6-2)11-12-29-22(16-7-9-18(26)19(27)14-16)21(24(31)25(29)32)23(30)17-8-10-20(33-4)15(3)13-17/h7-10,13-14,22,30H,5-6,11-12H2,1-4H3/b23-21+/t22-/m0/s1. The van der Waals surface area contributed by atoms with Crippen molar-refractivity contribution in [1.29, 1.82) is 0 Å². The lowest BCUT2D eigenvalue weighted by Gasteiger charge is -2.28. The number of ether oxygens (including phenoxy) is 1. The van der Waals surface area contributed by atoms with E-state index in [0.29, 0.717) is 40.0 Å². The van der Waals surface area contributed by atoms with Crippen LogP contribution in [-0.2, 0) is 9.59 Å². The number of benzene rings is 2. The molecule has 2 aromatic carbocycles. The van der Waals surface area contributed by atoms with Crippen molar-refractivity contribution in [3.8, 4) is 5.75 Å². The highest BCUT2D eigenvalue weighted by atomic mass is 35.5. The van der Waals surface area contributed by atoms with Gasteiger partial charge in [-0.25, -0.2) is 0 Å². The molecule has 1 atom stereocenters. The molecule has 3 rings (SSSR count). The number of likely N-dealkylation sites (tertiary alicyclic amines) is 1. The molecule has 1 amide bonds. The summed E-state index contributed by atoms with van der Waals surface area (Å²) >= 11 is 12.4. The zero-order valence-electron chi connectivity index (χ0n) is 19.2. The van der Waals surface area contributed by atoms with Gasteiger partial charge in [0.05, 0.1) is 28.8 Å². The molecule has 33 heavy (non-hydrogen) atoms. The number of ketones is 1. The first-order valence-corrected chi connectivity index (χ1v) is 11.6. The van der Waals surface area contributed by atoms with Gasteiger partial charge < -0.3 is 19.6 Å². The van der Waals surface area contributed by atoms with Crippen LogP contribution in [0.15, 0.2) is 42.0 Å². The van der Waals surface area contributed by atoms with Gasteiger partial charge in [0.15, 0.2) is 0 Å². The fourth-order valence-corrected chi connectivity index (χ4v) is 4.42. The minimum absolute atomic E-state index is 0.0301. The number of halogens is 2. The lowest BCUT2D eigenvalue weighted by molar-refractivity contribution is -0.140. The largest absolute Gasteiger partial charge is 0.507 e. The second-order valence-corrected chi connectivity index (χ2v) is 8.69. The predicted molar refractivity (Wildman–Crippen MR) is 131 cm³/mol. The van der Waals surface area contributed by atoms with Crippen molar-refractivity contribution < 1.29 is 19.4 Å². The Kier molecular flexibility index (Phi) is 8.05. The molecule has 0 spiro atoms. The number of rotatable bonds is 8. The van der Waals surface area contributed by atoms with Gasteiger partial charge in [0, 0.05) is 18.7 Å². The lowest BCUT2D eigenvalue weighted by atomic mass is 9.94. The summed E-state index contributed by atoms with van der Waals surface area (Å²) in [4.78, 5) is 29.9. The molecule has 0 saturated carbocycles. The zero-order chi connectivity index (χ0) is 24.3. The number of nitrogens with zero attached hydrogens (tertiary/aromatic N) is 2. The Morgan fingerprint density at radius 3 is 2.36 bits per heavy atom. The molecule has 1 aliphatic rings. The summed E-state index contributed by atoms with van der Waals surface area (Å²) in [6.45, 7) is 8.50. The lowest BCUT2D eigenvalue weighted by Crippen LogP contribution is -2.38. The van der Waals surface area contributed by atoms with Gasteiger partial charge in [-0.05, 0) is 61.5 Å². The van der Waals surface area contributed by atoms with Crippen LogP contribution in [0.1, 0.15) is 36.6 Å². The third kappa shape index (κ3) is 5.03. The molecule has 0 aromatic heterocycles. The molecule has 0 bridgehead atoms. The molecule has 176 valence electrons. The average molecular weight is 491 g/mol. The highest BCUT2D eigenvalue weighted by molar-refractivity contribution is 6.46. The van der Waals surface area contributed by atoms with E-state index in [4.69, 9.17) is 27.9 Å². The molecule has 1 N–H and O–H groups in total. The maximum atomic E-state index is 13.2. The first kappa shape index (κ1) is 25.1. The van der Waals surface area contributed by atoms with Crippen LogP contribution in [0.25, 0.3) is 5.76 Å². The van der Waals surface area contributed by atoms with Crippen molar-refractivity contribution >= 4 is 40.7 Å². The van der Waals surface area contributed by atoms with Crippen LogP contribution in [0.5, 0.6) is 5.75 Å². The number of carbonyl (C=O) groups excluding carboxylic acids is 2. The molecule has 0 unspecified atom stereocenters. The number of methoxy groups -OCH3 is 1. The molecule has 2 aromatic rings. The van der Waals surface area contributed by atoms with Crippen molar-refractivity contribution in [3.63, 3.8) is 0 Å². The summed E-state index contributed by atoms with van der Waals surface area (Å²) in [6.07, 6.45) is 0. The van der Waals surface area contributed by atoms with E-state index >= 15 is 0 Å². The fraction of sp³-hybridized carbons (Fsp3) is 0.360. The van der Waals surface area contributed by atoms with Crippen LogP contribution in [0.3, 0.4) is 0 Å². The Bertz CT molecular complexity index is 1100. The zero-order valence-corrected chi connectivity index (χ0v) is 20.7. The quantitative estimate of drug-likeness (QED) is 0.317. The molecule has 0 radical (unpaired) electrons. The van der Waals surface area contributed by atoms with E-state index in [0.717, 1.165) is 18.7 Å². The minimum atomic E-state index is -0.780. The van der Waals surface area contributed by atoms with Gasteiger partial charge in [0.1, 0.15) is 11.5 Å². The molecule has 1 heterocycles. The summed E-state index contributed by atoms with van der Waals surface area (Å²) in [5.74, 6) is -0.950. The minimum Gasteiger partial charge on any atom is -0.507 e. The molecule has 1 fully saturated rings. The second kappa shape index (κ2) is 10.6. The molecule has 1 aliphatic heterocycles. The summed E-state index contributed by atoms with van der Waals surface area (Å²) in [5.41, 5.74) is 1.86. The fourth-order valence-electron chi connectivity index (χ4n) is 4.11. The van der Waals surface area contributed by atoms with Gasteiger partial charge in [0.25, 0.3) is 11.7 Å². The van der Waals surface area contributed by atoms with Crippen molar-refractivity contribution in [2.24, 2.45) is 0 Å². The third-order valence-corrected chi connectivity index (χ3v) is 6.76. The highest BCUT2D eigenvalue weighted by Crippen LogP contribution is 2.41. The first-order valence-electron chi connectivity index (χ1n) is 10.8. The monoisotopic (exact) mass is 490 g/mol. The van der Waals surface area contributed by atoms with Gasteiger partial charge in [-0.15, -0.1) is 0 Å². The topological polar surface area (TPSA) is 70.1 Å². The number of aliphatic hydroxyl groups excluding tert-OH is 1. The number of hydrogen-bond acceptors (Lipinski definition) is 5. The number of Topliss-reactive ketones (excluding diaryl/α,β-unsaturated/α-hetero) is 1. The Morgan fingerprint density at radius 1 is 1.09 bits per heavy atom. The summed E-state index contributed by atoms with van der Waals surface area (Å²) in [7, 11) is 1.56. The summed E-state index contributed by atoms with van der Waals surface area (Å²) < 4.78 is 5.29. The van der Waals surface area contributed by atoms with Crippen LogP contribution in [-0.4, -0.2) is 59.9 Å². The molecular formula is C25H28Cl2N2O4. The highest BCUT2D eigenvalue weighted by Gasteiger charge is 2.46. The van der Waals surface area contributed by atoms with E-state index in [1.807, 2.05) is 20.8 Å². The van der Waals surface area contributed by atoms with Gasteiger partial charge in [0.2, 0.25) is 0 Å². The number of amides is 1.